The summed E-state index contributed by atoms with van der Waals surface area (Å²) in [4.78, 5) is 32.4. The number of rotatable bonds is 5. The summed E-state index contributed by atoms with van der Waals surface area (Å²) in [6, 6.07) is 15.8. The van der Waals surface area contributed by atoms with Crippen molar-refractivity contribution in [2.75, 3.05) is 17.7 Å². The van der Waals surface area contributed by atoms with E-state index >= 15 is 0 Å². The van der Waals surface area contributed by atoms with Crippen molar-refractivity contribution in [3.63, 3.8) is 0 Å². The summed E-state index contributed by atoms with van der Waals surface area (Å²) in [7, 11) is 1.32. The van der Waals surface area contributed by atoms with Crippen molar-refractivity contribution in [2.45, 2.75) is 6.92 Å². The van der Waals surface area contributed by atoms with Crippen LogP contribution in [0.15, 0.2) is 60.8 Å². The number of hydrogen-bond donors (Lipinski definition) is 2. The highest BCUT2D eigenvalue weighted by Gasteiger charge is 2.11. The van der Waals surface area contributed by atoms with E-state index in [9.17, 15) is 9.59 Å². The molecule has 1 heterocycles. The largest absolute Gasteiger partial charge is 0.465 e. The molecule has 0 spiro atoms. The van der Waals surface area contributed by atoms with Gasteiger partial charge in [-0.25, -0.2) is 14.8 Å². The standard InChI is InChI=1S/C20H18N4O3/c1-13-5-3-7-15(11-13)22-18(25)17-9-10-21-20(24-17)23-16-8-4-6-14(12-16)19(26)27-2/h3-12H,1-2H3,(H,22,25)(H,21,23,24). The summed E-state index contributed by atoms with van der Waals surface area (Å²) in [5.41, 5.74) is 2.96. The van der Waals surface area contributed by atoms with Crippen molar-refractivity contribution in [1.29, 1.82) is 0 Å². The Morgan fingerprint density at radius 3 is 2.56 bits per heavy atom. The van der Waals surface area contributed by atoms with Gasteiger partial charge >= 0.3 is 5.97 Å². The molecule has 0 unspecified atom stereocenters. The highest BCUT2D eigenvalue weighted by molar-refractivity contribution is 6.03. The molecule has 7 heteroatoms. The van der Waals surface area contributed by atoms with E-state index in [0.717, 1.165) is 5.56 Å². The monoisotopic (exact) mass is 362 g/mol. The first-order valence-corrected chi connectivity index (χ1v) is 8.21. The van der Waals surface area contributed by atoms with Gasteiger partial charge in [0.1, 0.15) is 5.69 Å². The lowest BCUT2D eigenvalue weighted by Gasteiger charge is -2.08. The number of methoxy groups -OCH3 is 1. The zero-order chi connectivity index (χ0) is 19.2. The van der Waals surface area contributed by atoms with Gasteiger partial charge in [0.2, 0.25) is 5.95 Å². The molecular weight excluding hydrogens is 344 g/mol. The van der Waals surface area contributed by atoms with Crippen molar-refractivity contribution in [3.05, 3.63) is 77.6 Å². The number of nitrogens with one attached hydrogen (secondary N) is 2. The van der Waals surface area contributed by atoms with Crippen LogP contribution in [-0.2, 0) is 4.74 Å². The Hall–Kier alpha value is -3.74. The Labute approximate surface area is 156 Å². The molecule has 136 valence electrons. The highest BCUT2D eigenvalue weighted by Crippen LogP contribution is 2.16. The molecule has 0 atom stereocenters. The number of aromatic nitrogens is 2. The molecule has 2 N–H and O–H groups in total. The molecule has 0 aliphatic rings. The maximum absolute atomic E-state index is 12.4. The minimum atomic E-state index is -0.439. The van der Waals surface area contributed by atoms with Crippen LogP contribution in [0.4, 0.5) is 17.3 Å². The zero-order valence-electron chi connectivity index (χ0n) is 14.9. The smallest absolute Gasteiger partial charge is 0.337 e. The van der Waals surface area contributed by atoms with Crippen molar-refractivity contribution in [2.24, 2.45) is 0 Å². The molecule has 27 heavy (non-hydrogen) atoms. The van der Waals surface area contributed by atoms with Gasteiger partial charge in [-0.1, -0.05) is 18.2 Å². The number of anilines is 3. The predicted octanol–water partition coefficient (Wildman–Crippen LogP) is 3.57. The van der Waals surface area contributed by atoms with Gasteiger partial charge in [-0.3, -0.25) is 4.79 Å². The summed E-state index contributed by atoms with van der Waals surface area (Å²) in [6.07, 6.45) is 1.49. The summed E-state index contributed by atoms with van der Waals surface area (Å²) in [6.45, 7) is 1.95. The van der Waals surface area contributed by atoms with Gasteiger partial charge < -0.3 is 15.4 Å². The lowest BCUT2D eigenvalue weighted by molar-refractivity contribution is 0.0600. The average molecular weight is 362 g/mol. The fourth-order valence-electron chi connectivity index (χ4n) is 2.43. The molecule has 2 aromatic carbocycles. The maximum Gasteiger partial charge on any atom is 0.337 e. The topological polar surface area (TPSA) is 93.2 Å². The van der Waals surface area contributed by atoms with Crippen LogP contribution in [-0.4, -0.2) is 29.0 Å². The minimum Gasteiger partial charge on any atom is -0.465 e. The Kier molecular flexibility index (Phi) is 5.41. The second-order valence-corrected chi connectivity index (χ2v) is 5.79. The molecule has 0 bridgehead atoms. The van der Waals surface area contributed by atoms with E-state index in [1.807, 2.05) is 31.2 Å². The number of esters is 1. The highest BCUT2D eigenvalue weighted by atomic mass is 16.5. The van der Waals surface area contributed by atoms with E-state index in [2.05, 4.69) is 20.6 Å². The molecule has 0 aliphatic heterocycles. The molecule has 0 aliphatic carbocycles. The lowest BCUT2D eigenvalue weighted by Crippen LogP contribution is -2.14. The molecular formula is C20H18N4O3. The quantitative estimate of drug-likeness (QED) is 0.674. The predicted molar refractivity (Wildman–Crippen MR) is 102 cm³/mol. The first-order valence-electron chi connectivity index (χ1n) is 8.21. The number of amides is 1. The number of benzene rings is 2. The van der Waals surface area contributed by atoms with Crippen LogP contribution >= 0.6 is 0 Å². The Morgan fingerprint density at radius 1 is 1.00 bits per heavy atom. The number of carbonyl (C=O) groups is 2. The first-order chi connectivity index (χ1) is 13.0. The fourth-order valence-corrected chi connectivity index (χ4v) is 2.43. The Bertz CT molecular complexity index is 988. The lowest BCUT2D eigenvalue weighted by atomic mass is 10.2. The van der Waals surface area contributed by atoms with Gasteiger partial charge in [0.05, 0.1) is 12.7 Å². The van der Waals surface area contributed by atoms with Crippen molar-refractivity contribution >= 4 is 29.2 Å². The molecule has 3 aromatic rings. The summed E-state index contributed by atoms with van der Waals surface area (Å²) >= 11 is 0. The first kappa shape index (κ1) is 18.1. The normalized spacial score (nSPS) is 10.1. The second kappa shape index (κ2) is 8.09. The number of hydrogen-bond acceptors (Lipinski definition) is 6. The summed E-state index contributed by atoms with van der Waals surface area (Å²) in [5, 5.41) is 5.79. The zero-order valence-corrected chi connectivity index (χ0v) is 14.9. The number of aryl methyl sites for hydroxylation is 1. The van der Waals surface area contributed by atoms with Crippen molar-refractivity contribution in [3.8, 4) is 0 Å². The van der Waals surface area contributed by atoms with E-state index in [4.69, 9.17) is 4.74 Å². The van der Waals surface area contributed by atoms with Crippen molar-refractivity contribution < 1.29 is 14.3 Å². The van der Waals surface area contributed by atoms with Crippen LogP contribution in [0.5, 0.6) is 0 Å². The molecule has 7 nitrogen and oxygen atoms in total. The number of nitrogens with zero attached hydrogens (tertiary/aromatic N) is 2. The number of carbonyl (C=O) groups excluding carboxylic acids is 2. The van der Waals surface area contributed by atoms with Crippen LogP contribution in [0, 0.1) is 6.92 Å². The van der Waals surface area contributed by atoms with Crippen molar-refractivity contribution in [1.82, 2.24) is 9.97 Å². The van der Waals surface area contributed by atoms with Gasteiger partial charge in [-0.2, -0.15) is 0 Å². The SMILES string of the molecule is COC(=O)c1cccc(Nc2nccc(C(=O)Nc3cccc(C)c3)n2)c1. The van der Waals surface area contributed by atoms with Gasteiger partial charge in [0.25, 0.3) is 5.91 Å². The molecule has 0 saturated heterocycles. The molecule has 1 aromatic heterocycles. The Balaban J connectivity index is 1.75. The van der Waals surface area contributed by atoms with Crippen LogP contribution in [0.2, 0.25) is 0 Å². The van der Waals surface area contributed by atoms with Gasteiger partial charge in [-0.15, -0.1) is 0 Å². The maximum atomic E-state index is 12.4. The van der Waals surface area contributed by atoms with Gasteiger partial charge in [0.15, 0.2) is 0 Å². The fraction of sp³-hybridized carbons (Fsp3) is 0.100. The van der Waals surface area contributed by atoms with Gasteiger partial charge in [0, 0.05) is 17.6 Å². The molecule has 0 radical (unpaired) electrons. The minimum absolute atomic E-state index is 0.220. The summed E-state index contributed by atoms with van der Waals surface area (Å²) < 4.78 is 4.71. The Morgan fingerprint density at radius 2 is 1.78 bits per heavy atom. The van der Waals surface area contributed by atoms with E-state index in [-0.39, 0.29) is 17.5 Å². The molecule has 1 amide bonds. The third-order valence-electron chi connectivity index (χ3n) is 3.70. The number of ether oxygens (including phenoxy) is 1. The van der Waals surface area contributed by atoms with E-state index in [0.29, 0.717) is 16.9 Å². The van der Waals surface area contributed by atoms with E-state index < -0.39 is 5.97 Å². The molecule has 0 saturated carbocycles. The van der Waals surface area contributed by atoms with Crippen LogP contribution in [0.1, 0.15) is 26.4 Å². The third kappa shape index (κ3) is 4.66. The van der Waals surface area contributed by atoms with E-state index in [1.165, 1.54) is 19.4 Å². The van der Waals surface area contributed by atoms with Crippen LogP contribution in [0.3, 0.4) is 0 Å². The van der Waals surface area contributed by atoms with E-state index in [1.54, 1.807) is 24.3 Å². The second-order valence-electron chi connectivity index (χ2n) is 5.79. The molecule has 3 rings (SSSR count). The van der Waals surface area contributed by atoms with Crippen LogP contribution < -0.4 is 10.6 Å². The average Bonchev–Trinajstić information content (AvgIpc) is 2.68. The summed E-state index contributed by atoms with van der Waals surface area (Å²) in [5.74, 6) is -0.533. The van der Waals surface area contributed by atoms with Crippen LogP contribution in [0.25, 0.3) is 0 Å². The molecule has 0 fully saturated rings. The van der Waals surface area contributed by atoms with Gasteiger partial charge in [-0.05, 0) is 48.9 Å². The third-order valence-corrected chi connectivity index (χ3v) is 3.70.